The average Bonchev–Trinajstić information content (AvgIpc) is 3.23. The Labute approximate surface area is 382 Å². The summed E-state index contributed by atoms with van der Waals surface area (Å²) in [7, 11) is 0. The van der Waals surface area contributed by atoms with Crippen LogP contribution in [0, 0.1) is 0 Å². The highest BCUT2D eigenvalue weighted by Gasteiger charge is 2.42. The van der Waals surface area contributed by atoms with E-state index in [-0.39, 0.29) is 34.0 Å². The predicted molar refractivity (Wildman–Crippen MR) is 234 cm³/mol. The number of carbonyl (C=O) groups excluding carboxylic acids is 2. The molecule has 3 heterocycles. The molecule has 0 aliphatic carbocycles. The van der Waals surface area contributed by atoms with Gasteiger partial charge >= 0.3 is 11.9 Å². The molecule has 60 heavy (non-hydrogen) atoms. The third kappa shape index (κ3) is 18.9. The van der Waals surface area contributed by atoms with E-state index in [0.717, 1.165) is 44.1 Å². The van der Waals surface area contributed by atoms with Crippen LogP contribution in [0.15, 0.2) is 102 Å². The molecule has 0 atom stereocenters. The monoisotopic (exact) mass is 953 g/mol. The van der Waals surface area contributed by atoms with Gasteiger partial charge in [-0.15, -0.1) is 0 Å². The fourth-order valence-corrected chi connectivity index (χ4v) is 7.70. The summed E-state index contributed by atoms with van der Waals surface area (Å²) in [6.07, 6.45) is 31.4. The lowest BCUT2D eigenvalue weighted by atomic mass is 9.80. The van der Waals surface area contributed by atoms with E-state index < -0.39 is 17.9 Å². The summed E-state index contributed by atoms with van der Waals surface area (Å²) in [6.45, 7) is 5.81. The Kier molecular flexibility index (Phi) is 27.3. The summed E-state index contributed by atoms with van der Waals surface area (Å²) in [5, 5.41) is 3.58. The number of nitrogens with one attached hydrogen (secondary N) is 1. The van der Waals surface area contributed by atoms with Crippen LogP contribution in [0.4, 0.5) is 11.4 Å². The van der Waals surface area contributed by atoms with Gasteiger partial charge in [-0.05, 0) is 18.4 Å². The fourth-order valence-electron chi connectivity index (χ4n) is 7.70. The number of nitrogens with zero attached hydrogens (tertiary/aromatic N) is 2. The minimum Gasteiger partial charge on any atom is -1.00 e. The van der Waals surface area contributed by atoms with E-state index in [1.807, 2.05) is 88.5 Å². The molecule has 1 aliphatic heterocycles. The standard InChI is InChI=1S/C49H71N5O4.2BrH/c1-3-5-7-9-11-13-15-17-19-24-36-57-48(55)46-43(38-53-32-28-41(50)29-33-53)52-44(39-54-34-30-42(51)31-35-54)47(45(46)40-26-22-21-23-27-40)49(56)58-37-25-20-18-16-14-12-10-8-6-4-2;;/h21-23,26-35,45,50-51H,3-20,24-25,36-39H2,1-2H3,(H,52,55,56);2*1H. The number of pyridine rings is 2. The summed E-state index contributed by atoms with van der Waals surface area (Å²) >= 11 is 0. The summed E-state index contributed by atoms with van der Waals surface area (Å²) in [6, 6.07) is 17.1. The topological polar surface area (TPSA) is 124 Å². The van der Waals surface area contributed by atoms with Crippen LogP contribution in [-0.2, 0) is 32.2 Å². The molecular weight excluding hydrogens is 882 g/mol. The van der Waals surface area contributed by atoms with Gasteiger partial charge in [0.25, 0.3) is 0 Å². The van der Waals surface area contributed by atoms with Crippen molar-refractivity contribution >= 4 is 23.3 Å². The highest BCUT2D eigenvalue weighted by Crippen LogP contribution is 2.40. The maximum Gasteiger partial charge on any atom is 0.337 e. The molecule has 11 heteroatoms. The molecule has 0 spiro atoms. The fraction of sp³-hybridized carbons (Fsp3) is 0.551. The number of aromatic nitrogens is 2. The smallest absolute Gasteiger partial charge is 0.337 e. The van der Waals surface area contributed by atoms with Crippen LogP contribution >= 0.6 is 0 Å². The molecule has 0 radical (unpaired) electrons. The zero-order valence-electron chi connectivity index (χ0n) is 36.5. The first kappa shape index (κ1) is 52.4. The van der Waals surface area contributed by atoms with Gasteiger partial charge in [-0.1, -0.05) is 160 Å². The van der Waals surface area contributed by atoms with Crippen molar-refractivity contribution in [3.05, 3.63) is 107 Å². The van der Waals surface area contributed by atoms with Gasteiger partial charge in [0.05, 0.1) is 41.7 Å². The molecule has 3 aromatic rings. The van der Waals surface area contributed by atoms with E-state index in [0.29, 0.717) is 60.2 Å². The summed E-state index contributed by atoms with van der Waals surface area (Å²) in [5.41, 5.74) is 16.4. The van der Waals surface area contributed by atoms with E-state index in [2.05, 4.69) is 19.2 Å². The Hall–Kier alpha value is -3.70. The minimum absolute atomic E-state index is 0. The van der Waals surface area contributed by atoms with Gasteiger partial charge in [0.1, 0.15) is 0 Å². The normalized spacial score (nSPS) is 12.7. The van der Waals surface area contributed by atoms with Gasteiger partial charge in [-0.25, -0.2) is 9.59 Å². The van der Waals surface area contributed by atoms with Crippen molar-refractivity contribution < 1.29 is 62.2 Å². The number of anilines is 2. The Morgan fingerprint density at radius 1 is 0.517 bits per heavy atom. The van der Waals surface area contributed by atoms with Crippen molar-refractivity contribution in [2.24, 2.45) is 0 Å². The second-order valence-electron chi connectivity index (χ2n) is 16.0. The maximum atomic E-state index is 14.5. The van der Waals surface area contributed by atoms with Crippen molar-refractivity contribution in [1.82, 2.24) is 5.32 Å². The van der Waals surface area contributed by atoms with Crippen molar-refractivity contribution in [1.29, 1.82) is 0 Å². The number of benzene rings is 1. The molecule has 0 fully saturated rings. The van der Waals surface area contributed by atoms with Crippen LogP contribution in [0.25, 0.3) is 0 Å². The number of nitrogens with two attached hydrogens (primary N) is 2. The van der Waals surface area contributed by atoms with Crippen LogP contribution in [0.5, 0.6) is 0 Å². The molecule has 0 saturated carbocycles. The third-order valence-electron chi connectivity index (χ3n) is 11.1. The zero-order chi connectivity index (χ0) is 41.2. The zero-order valence-corrected chi connectivity index (χ0v) is 39.7. The predicted octanol–water partition coefficient (Wildman–Crippen LogP) is 3.96. The Bertz CT molecular complexity index is 1600. The van der Waals surface area contributed by atoms with E-state index in [9.17, 15) is 9.59 Å². The van der Waals surface area contributed by atoms with Crippen molar-refractivity contribution in [3.8, 4) is 0 Å². The van der Waals surface area contributed by atoms with Gasteiger partial charge in [0, 0.05) is 35.6 Å². The second-order valence-corrected chi connectivity index (χ2v) is 16.0. The average molecular weight is 956 g/mol. The van der Waals surface area contributed by atoms with Gasteiger partial charge in [0.2, 0.25) is 0 Å². The van der Waals surface area contributed by atoms with E-state index in [1.54, 1.807) is 0 Å². The Morgan fingerprint density at radius 3 is 1.20 bits per heavy atom. The number of nitrogen functional groups attached to an aromatic ring is 2. The number of allylic oxidation sites excluding steroid dienone is 2. The second kappa shape index (κ2) is 31.2. The van der Waals surface area contributed by atoms with Crippen molar-refractivity contribution in [3.63, 3.8) is 0 Å². The number of dihydropyridines is 1. The first-order valence-corrected chi connectivity index (χ1v) is 22.5. The van der Waals surface area contributed by atoms with Crippen LogP contribution < -0.4 is 59.9 Å². The van der Waals surface area contributed by atoms with E-state index >= 15 is 0 Å². The lowest BCUT2D eigenvalue weighted by molar-refractivity contribution is -0.691. The van der Waals surface area contributed by atoms with Gasteiger partial charge in [0.15, 0.2) is 37.9 Å². The van der Waals surface area contributed by atoms with Crippen LogP contribution in [0.1, 0.15) is 154 Å². The molecule has 0 unspecified atom stereocenters. The van der Waals surface area contributed by atoms with Crippen LogP contribution in [0.3, 0.4) is 0 Å². The van der Waals surface area contributed by atoms with Crippen LogP contribution in [-0.4, -0.2) is 25.2 Å². The maximum absolute atomic E-state index is 14.5. The molecule has 5 N–H and O–H groups in total. The first-order valence-electron chi connectivity index (χ1n) is 22.5. The summed E-state index contributed by atoms with van der Waals surface area (Å²) < 4.78 is 16.1. The quantitative estimate of drug-likeness (QED) is 0.0548. The number of carbonyl (C=O) groups is 2. The van der Waals surface area contributed by atoms with Gasteiger partial charge in [-0.3, -0.25) is 0 Å². The molecule has 0 saturated heterocycles. The van der Waals surface area contributed by atoms with Crippen molar-refractivity contribution in [2.75, 3.05) is 24.7 Å². The third-order valence-corrected chi connectivity index (χ3v) is 11.1. The molecule has 4 rings (SSSR count). The molecular formula is C49H73Br2N5O4. The highest BCUT2D eigenvalue weighted by molar-refractivity contribution is 6.00. The molecule has 1 aromatic carbocycles. The molecule has 332 valence electrons. The largest absolute Gasteiger partial charge is 1.00 e. The molecule has 0 bridgehead atoms. The van der Waals surface area contributed by atoms with Crippen molar-refractivity contribution in [2.45, 2.75) is 161 Å². The van der Waals surface area contributed by atoms with Crippen LogP contribution in [0.2, 0.25) is 0 Å². The van der Waals surface area contributed by atoms with Gasteiger partial charge < -0.3 is 60.2 Å². The molecule has 2 aromatic heterocycles. The number of hydrogen-bond acceptors (Lipinski definition) is 7. The number of esters is 2. The highest BCUT2D eigenvalue weighted by atomic mass is 79.9. The number of halogens is 2. The molecule has 0 amide bonds. The Balaban J connectivity index is 0.00000620. The first-order chi connectivity index (χ1) is 28.4. The van der Waals surface area contributed by atoms with Gasteiger partial charge in [-0.2, -0.15) is 9.13 Å². The number of unbranched alkanes of at least 4 members (excludes halogenated alkanes) is 18. The Morgan fingerprint density at radius 2 is 0.850 bits per heavy atom. The molecule has 1 aliphatic rings. The lowest BCUT2D eigenvalue weighted by Gasteiger charge is -2.31. The lowest BCUT2D eigenvalue weighted by Crippen LogP contribution is -3.00. The number of ether oxygens (including phenoxy) is 2. The summed E-state index contributed by atoms with van der Waals surface area (Å²) in [5.74, 6) is -1.57. The molecule has 9 nitrogen and oxygen atoms in total. The number of rotatable bonds is 29. The SMILES string of the molecule is CCCCCCCCCCCCOC(=O)C1=C(C[n+]2ccc(N)cc2)NC(C[n+]2ccc(N)cc2)=C(C(=O)OCCCCCCCCCCCC)C1c1ccccc1.[Br-].[Br-]. The van der Waals surface area contributed by atoms with E-state index in [4.69, 9.17) is 20.9 Å². The summed E-state index contributed by atoms with van der Waals surface area (Å²) in [4.78, 5) is 29.0. The van der Waals surface area contributed by atoms with E-state index in [1.165, 1.54) is 89.9 Å². The minimum atomic E-state index is -0.711. The number of hydrogen-bond donors (Lipinski definition) is 3.